The number of fused-ring (bicyclic) bond motifs is 2. The van der Waals surface area contributed by atoms with Crippen molar-refractivity contribution in [3.63, 3.8) is 0 Å². The minimum atomic E-state index is -1.17. The average molecular weight is 783 g/mol. The molecule has 10 nitrogen and oxygen atoms in total. The lowest BCUT2D eigenvalue weighted by atomic mass is 9.82. The normalized spacial score (nSPS) is 14.4. The number of hydrogen-bond donors (Lipinski definition) is 0. The van der Waals surface area contributed by atoms with Crippen molar-refractivity contribution in [3.05, 3.63) is 95.1 Å². The molecule has 0 aromatic heterocycles. The number of nitrogens with zero attached hydrogens (tertiary/aromatic N) is 2. The highest BCUT2D eigenvalue weighted by Gasteiger charge is 2.40. The highest BCUT2D eigenvalue weighted by atomic mass is 16.6. The number of carbonyl (C=O) groups excluding carboxylic acids is 6. The molecule has 1 unspecified atom stereocenters. The summed E-state index contributed by atoms with van der Waals surface area (Å²) in [6.07, 6.45) is 8.94. The first kappa shape index (κ1) is 40.3. The third kappa shape index (κ3) is 7.03. The van der Waals surface area contributed by atoms with Gasteiger partial charge in [-0.25, -0.2) is 9.59 Å². The van der Waals surface area contributed by atoms with Crippen LogP contribution < -0.4 is 0 Å². The molecule has 0 N–H and O–H groups in total. The van der Waals surface area contributed by atoms with Gasteiger partial charge in [-0.2, -0.15) is 0 Å². The van der Waals surface area contributed by atoms with Crippen LogP contribution in [-0.4, -0.2) is 70.7 Å². The van der Waals surface area contributed by atoms with Gasteiger partial charge in [0.2, 0.25) is 0 Å². The van der Waals surface area contributed by atoms with E-state index >= 15 is 0 Å². The van der Waals surface area contributed by atoms with E-state index in [0.717, 1.165) is 101 Å². The number of benzene rings is 5. The molecular formula is C48H50N2O8. The van der Waals surface area contributed by atoms with Crippen molar-refractivity contribution < 1.29 is 38.2 Å². The molecule has 4 amide bonds. The van der Waals surface area contributed by atoms with Crippen molar-refractivity contribution in [3.8, 4) is 0 Å². The van der Waals surface area contributed by atoms with E-state index in [9.17, 15) is 28.8 Å². The second-order valence-electron chi connectivity index (χ2n) is 15.9. The third-order valence-corrected chi connectivity index (χ3v) is 11.7. The van der Waals surface area contributed by atoms with Gasteiger partial charge in [0.1, 0.15) is 6.61 Å². The largest absolute Gasteiger partial charge is 0.458 e. The SMILES string of the molecule is C=C(C)C(=O)OCC(CN1C(=O)c2ccc3c4ccc5c6c(ccc(c7ccc(c2c37)C1=O)c64)C(=O)N(C(CCCCCC)CCCCCC)C5=O)OC(=O)C(=C)C. The fourth-order valence-corrected chi connectivity index (χ4v) is 8.72. The topological polar surface area (TPSA) is 127 Å². The van der Waals surface area contributed by atoms with E-state index < -0.39 is 36.5 Å². The van der Waals surface area contributed by atoms with Crippen molar-refractivity contribution in [2.75, 3.05) is 13.2 Å². The molecule has 2 aliphatic heterocycles. The van der Waals surface area contributed by atoms with Crippen LogP contribution in [0, 0.1) is 0 Å². The summed E-state index contributed by atoms with van der Waals surface area (Å²) < 4.78 is 10.8. The Labute approximate surface area is 338 Å². The van der Waals surface area contributed by atoms with Crippen LogP contribution in [0.25, 0.3) is 43.1 Å². The smallest absolute Gasteiger partial charge is 0.333 e. The Bertz CT molecular complexity index is 2420. The fraction of sp³-hybridized carbons (Fsp3) is 0.375. The summed E-state index contributed by atoms with van der Waals surface area (Å²) in [6.45, 7) is 13.7. The molecular weight excluding hydrogens is 733 g/mol. The first-order valence-electron chi connectivity index (χ1n) is 20.5. The Morgan fingerprint density at radius 1 is 0.569 bits per heavy atom. The van der Waals surface area contributed by atoms with E-state index in [1.807, 2.05) is 36.4 Å². The predicted molar refractivity (Wildman–Crippen MR) is 225 cm³/mol. The molecule has 5 aromatic carbocycles. The molecule has 0 fully saturated rings. The molecule has 10 heteroatoms. The summed E-state index contributed by atoms with van der Waals surface area (Å²) in [5.74, 6) is -3.15. The molecule has 58 heavy (non-hydrogen) atoms. The minimum Gasteiger partial charge on any atom is -0.458 e. The minimum absolute atomic E-state index is 0.101. The number of rotatable bonds is 18. The molecule has 0 radical (unpaired) electrons. The summed E-state index contributed by atoms with van der Waals surface area (Å²) in [6, 6.07) is 14.4. The molecule has 0 spiro atoms. The van der Waals surface area contributed by atoms with Crippen LogP contribution >= 0.6 is 0 Å². The van der Waals surface area contributed by atoms with E-state index in [-0.39, 0.29) is 46.7 Å². The molecule has 300 valence electrons. The number of imide groups is 2. The maximum absolute atomic E-state index is 14.5. The first-order valence-corrected chi connectivity index (χ1v) is 20.5. The predicted octanol–water partition coefficient (Wildman–Crippen LogP) is 9.85. The van der Waals surface area contributed by atoms with Crippen LogP contribution in [0.1, 0.15) is 133 Å². The van der Waals surface area contributed by atoms with Crippen LogP contribution in [0.5, 0.6) is 0 Å². The summed E-state index contributed by atoms with van der Waals surface area (Å²) >= 11 is 0. The second kappa shape index (κ2) is 16.5. The van der Waals surface area contributed by atoms with Gasteiger partial charge in [-0.05, 0) is 83.3 Å². The number of carbonyl (C=O) groups is 6. The molecule has 0 aliphatic carbocycles. The number of esters is 2. The summed E-state index contributed by atoms with van der Waals surface area (Å²) in [5, 5.41) is 5.85. The van der Waals surface area contributed by atoms with Crippen LogP contribution in [0.4, 0.5) is 0 Å². The first-order chi connectivity index (χ1) is 27.9. The zero-order chi connectivity index (χ0) is 41.4. The molecule has 2 heterocycles. The molecule has 0 saturated heterocycles. The lowest BCUT2D eigenvalue weighted by molar-refractivity contribution is -0.154. The molecule has 1 atom stereocenters. The standard InChI is InChI=1S/C48H50N2O8/c1-7-9-11-13-15-29(16-14-12-10-8-2)50-45(53)37-23-19-33-31-17-21-35-41-36(22-18-32(39(31)41)34-20-24-38(46(50)54)42(37)40(33)34)44(52)49(43(35)51)25-30(58-48(56)28(5)6)26-57-47(55)27(3)4/h17-24,29-30H,3,5,7-16,25-26H2,1-2,4,6H3. The van der Waals surface area contributed by atoms with Gasteiger partial charge in [-0.3, -0.25) is 29.0 Å². The van der Waals surface area contributed by atoms with E-state index in [4.69, 9.17) is 9.47 Å². The maximum Gasteiger partial charge on any atom is 0.333 e. The van der Waals surface area contributed by atoms with E-state index in [0.29, 0.717) is 21.9 Å². The Kier molecular flexibility index (Phi) is 11.5. The zero-order valence-electron chi connectivity index (χ0n) is 33.8. The monoisotopic (exact) mass is 782 g/mol. The molecule has 5 aromatic rings. The van der Waals surface area contributed by atoms with Gasteiger partial charge >= 0.3 is 11.9 Å². The van der Waals surface area contributed by atoms with Crippen LogP contribution in [0.15, 0.2) is 72.8 Å². The second-order valence-corrected chi connectivity index (χ2v) is 15.9. The Balaban J connectivity index is 1.28. The molecule has 7 rings (SSSR count). The fourth-order valence-electron chi connectivity index (χ4n) is 8.72. The van der Waals surface area contributed by atoms with Gasteiger partial charge in [-0.15, -0.1) is 0 Å². The highest BCUT2D eigenvalue weighted by molar-refractivity contribution is 6.41. The van der Waals surface area contributed by atoms with Crippen LogP contribution in [-0.2, 0) is 19.1 Å². The number of unbranched alkanes of at least 4 members (excludes halogenated alkanes) is 6. The van der Waals surface area contributed by atoms with Gasteiger partial charge < -0.3 is 9.47 Å². The molecule has 0 bridgehead atoms. The van der Waals surface area contributed by atoms with E-state index in [1.54, 1.807) is 12.1 Å². The Morgan fingerprint density at radius 2 is 0.983 bits per heavy atom. The Hall–Kier alpha value is -5.90. The van der Waals surface area contributed by atoms with Gasteiger partial charge in [0.25, 0.3) is 23.6 Å². The van der Waals surface area contributed by atoms with Crippen molar-refractivity contribution in [1.82, 2.24) is 9.80 Å². The Morgan fingerprint density at radius 3 is 1.38 bits per heavy atom. The van der Waals surface area contributed by atoms with E-state index in [2.05, 4.69) is 27.0 Å². The van der Waals surface area contributed by atoms with E-state index in [1.165, 1.54) is 18.7 Å². The van der Waals surface area contributed by atoms with Crippen LogP contribution in [0.3, 0.4) is 0 Å². The quantitative estimate of drug-likeness (QED) is 0.0215. The van der Waals surface area contributed by atoms with Crippen molar-refractivity contribution in [2.45, 2.75) is 104 Å². The summed E-state index contributed by atoms with van der Waals surface area (Å²) in [4.78, 5) is 84.7. The molecule has 0 saturated carbocycles. The number of ether oxygens (including phenoxy) is 2. The van der Waals surface area contributed by atoms with Crippen molar-refractivity contribution >= 4 is 78.7 Å². The van der Waals surface area contributed by atoms with Crippen molar-refractivity contribution in [2.24, 2.45) is 0 Å². The van der Waals surface area contributed by atoms with Gasteiger partial charge in [0.15, 0.2) is 6.10 Å². The molecule has 2 aliphatic rings. The lowest BCUT2D eigenvalue weighted by Gasteiger charge is -2.35. The summed E-state index contributed by atoms with van der Waals surface area (Å²) in [5.41, 5.74) is 1.84. The zero-order valence-corrected chi connectivity index (χ0v) is 33.8. The number of hydrogen-bond acceptors (Lipinski definition) is 8. The lowest BCUT2D eigenvalue weighted by Crippen LogP contribution is -2.47. The number of amides is 4. The summed E-state index contributed by atoms with van der Waals surface area (Å²) in [7, 11) is 0. The highest BCUT2D eigenvalue weighted by Crippen LogP contribution is 2.46. The third-order valence-electron chi connectivity index (χ3n) is 11.7. The van der Waals surface area contributed by atoms with Gasteiger partial charge in [-0.1, -0.05) is 103 Å². The van der Waals surface area contributed by atoms with Crippen LogP contribution in [0.2, 0.25) is 0 Å². The van der Waals surface area contributed by atoms with Crippen molar-refractivity contribution in [1.29, 1.82) is 0 Å². The average Bonchev–Trinajstić information content (AvgIpc) is 3.21. The van der Waals surface area contributed by atoms with Gasteiger partial charge in [0.05, 0.1) is 6.54 Å². The van der Waals surface area contributed by atoms with Gasteiger partial charge in [0, 0.05) is 50.2 Å². The maximum atomic E-state index is 14.5.